The Hall–Kier alpha value is -1.96. The highest BCUT2D eigenvalue weighted by Gasteiger charge is 2.14. The Labute approximate surface area is 172 Å². The van der Waals surface area contributed by atoms with Crippen LogP contribution in [-0.2, 0) is 4.79 Å². The first-order valence-corrected chi connectivity index (χ1v) is 10.9. The van der Waals surface area contributed by atoms with Gasteiger partial charge in [0, 0.05) is 0 Å². The largest absolute Gasteiger partial charge is 0.349 e. The standard InChI is InChI=1S/C20H21N3OS3/c1-3-17(15-11-9-14(2)10-12-15)21-18(24)13-26-19-22-23(20(25)27-19)16-7-5-4-6-8-16/h4-12,17H,3,13H2,1-2H3,(H,21,24)/t17-/m1/s1. The number of hydrogen-bond donors (Lipinski definition) is 1. The van der Waals surface area contributed by atoms with E-state index in [2.05, 4.69) is 48.5 Å². The van der Waals surface area contributed by atoms with Gasteiger partial charge in [0.2, 0.25) is 5.91 Å². The summed E-state index contributed by atoms with van der Waals surface area (Å²) in [7, 11) is 0. The van der Waals surface area contributed by atoms with Gasteiger partial charge >= 0.3 is 0 Å². The first-order chi connectivity index (χ1) is 13.1. The number of benzene rings is 2. The topological polar surface area (TPSA) is 46.9 Å². The summed E-state index contributed by atoms with van der Waals surface area (Å²) in [5.41, 5.74) is 3.27. The zero-order chi connectivity index (χ0) is 19.2. The van der Waals surface area contributed by atoms with Gasteiger partial charge in [-0.15, -0.1) is 5.10 Å². The maximum Gasteiger partial charge on any atom is 0.230 e. The summed E-state index contributed by atoms with van der Waals surface area (Å²) in [6.07, 6.45) is 0.848. The second kappa shape index (κ2) is 9.30. The van der Waals surface area contributed by atoms with Gasteiger partial charge in [0.05, 0.1) is 17.5 Å². The van der Waals surface area contributed by atoms with Gasteiger partial charge in [0.25, 0.3) is 0 Å². The van der Waals surface area contributed by atoms with E-state index in [0.717, 1.165) is 22.0 Å². The van der Waals surface area contributed by atoms with E-state index < -0.39 is 0 Å². The molecule has 0 aliphatic carbocycles. The number of thioether (sulfide) groups is 1. The number of para-hydroxylation sites is 1. The number of aryl methyl sites for hydroxylation is 1. The molecule has 0 bridgehead atoms. The Morgan fingerprint density at radius 2 is 1.93 bits per heavy atom. The highest BCUT2D eigenvalue weighted by Crippen LogP contribution is 2.24. The van der Waals surface area contributed by atoms with E-state index in [1.54, 1.807) is 4.68 Å². The van der Waals surface area contributed by atoms with Crippen LogP contribution in [0.25, 0.3) is 5.69 Å². The van der Waals surface area contributed by atoms with E-state index >= 15 is 0 Å². The van der Waals surface area contributed by atoms with Crippen LogP contribution in [0.1, 0.15) is 30.5 Å². The van der Waals surface area contributed by atoms with Crippen molar-refractivity contribution in [1.29, 1.82) is 0 Å². The summed E-state index contributed by atoms with van der Waals surface area (Å²) in [5, 5.41) is 7.64. The van der Waals surface area contributed by atoms with E-state index in [4.69, 9.17) is 12.2 Å². The third-order valence-corrected chi connectivity index (χ3v) is 6.45. The lowest BCUT2D eigenvalue weighted by atomic mass is 10.0. The number of amides is 1. The van der Waals surface area contributed by atoms with Crippen molar-refractivity contribution < 1.29 is 4.79 Å². The van der Waals surface area contributed by atoms with Gasteiger partial charge in [0.1, 0.15) is 0 Å². The molecule has 0 saturated carbocycles. The molecule has 3 aromatic rings. The number of hydrogen-bond acceptors (Lipinski definition) is 5. The van der Waals surface area contributed by atoms with E-state index in [-0.39, 0.29) is 11.9 Å². The van der Waals surface area contributed by atoms with Crippen molar-refractivity contribution in [2.75, 3.05) is 5.75 Å². The molecule has 0 saturated heterocycles. The fraction of sp³-hybridized carbons (Fsp3) is 0.250. The van der Waals surface area contributed by atoms with Crippen molar-refractivity contribution in [3.8, 4) is 5.69 Å². The van der Waals surface area contributed by atoms with Crippen LogP contribution in [0.2, 0.25) is 0 Å². The molecule has 1 aromatic heterocycles. The van der Waals surface area contributed by atoms with Crippen LogP contribution in [0, 0.1) is 10.9 Å². The molecule has 1 amide bonds. The second-order valence-corrected chi connectivity index (χ2v) is 8.95. The van der Waals surface area contributed by atoms with Crippen LogP contribution in [0.15, 0.2) is 58.9 Å². The maximum atomic E-state index is 12.4. The van der Waals surface area contributed by atoms with Crippen LogP contribution < -0.4 is 5.32 Å². The average molecular weight is 416 g/mol. The van der Waals surface area contributed by atoms with Gasteiger partial charge in [-0.3, -0.25) is 4.79 Å². The average Bonchev–Trinajstić information content (AvgIpc) is 3.06. The molecule has 0 aliphatic heterocycles. The molecule has 0 fully saturated rings. The number of carbonyl (C=O) groups excluding carboxylic acids is 1. The Morgan fingerprint density at radius 1 is 1.22 bits per heavy atom. The van der Waals surface area contributed by atoms with E-state index in [1.807, 2.05) is 30.3 Å². The molecule has 0 aliphatic rings. The molecule has 4 nitrogen and oxygen atoms in total. The van der Waals surface area contributed by atoms with Crippen molar-refractivity contribution in [2.45, 2.75) is 30.6 Å². The van der Waals surface area contributed by atoms with Crippen molar-refractivity contribution in [3.05, 3.63) is 69.7 Å². The predicted octanol–water partition coefficient (Wildman–Crippen LogP) is 5.33. The minimum atomic E-state index is -0.000181. The number of aromatic nitrogens is 2. The van der Waals surface area contributed by atoms with Gasteiger partial charge in [0.15, 0.2) is 8.29 Å². The van der Waals surface area contributed by atoms with Crippen LogP contribution in [0.4, 0.5) is 0 Å². The molecule has 0 unspecified atom stereocenters. The van der Waals surface area contributed by atoms with E-state index in [0.29, 0.717) is 9.71 Å². The van der Waals surface area contributed by atoms with Gasteiger partial charge in [-0.2, -0.15) is 0 Å². The first kappa shape index (κ1) is 19.8. The summed E-state index contributed by atoms with van der Waals surface area (Å²) in [4.78, 5) is 12.4. The summed E-state index contributed by atoms with van der Waals surface area (Å²) in [5.74, 6) is 0.319. The SMILES string of the molecule is CC[C@@H](NC(=O)CSc1nn(-c2ccccc2)c(=S)s1)c1ccc(C)cc1. The molecule has 3 rings (SSSR count). The van der Waals surface area contributed by atoms with Gasteiger partial charge in [-0.25, -0.2) is 4.68 Å². The summed E-state index contributed by atoms with van der Waals surface area (Å²) < 4.78 is 3.21. The lowest BCUT2D eigenvalue weighted by Crippen LogP contribution is -2.29. The third-order valence-electron chi connectivity index (χ3n) is 4.08. The molecule has 2 aromatic carbocycles. The van der Waals surface area contributed by atoms with Crippen molar-refractivity contribution in [1.82, 2.24) is 15.1 Å². The molecular weight excluding hydrogens is 394 g/mol. The van der Waals surface area contributed by atoms with Gasteiger partial charge < -0.3 is 5.32 Å². The Bertz CT molecular complexity index is 949. The summed E-state index contributed by atoms with van der Waals surface area (Å²) >= 11 is 8.24. The Morgan fingerprint density at radius 3 is 2.59 bits per heavy atom. The third kappa shape index (κ3) is 5.28. The highest BCUT2D eigenvalue weighted by atomic mass is 32.2. The molecule has 1 atom stereocenters. The van der Waals surface area contributed by atoms with Crippen LogP contribution in [0.3, 0.4) is 0 Å². The van der Waals surface area contributed by atoms with E-state index in [9.17, 15) is 4.79 Å². The van der Waals surface area contributed by atoms with Gasteiger partial charge in [-0.1, -0.05) is 78.1 Å². The number of nitrogens with zero attached hydrogens (tertiary/aromatic N) is 2. The van der Waals surface area contributed by atoms with Crippen LogP contribution in [0.5, 0.6) is 0 Å². The van der Waals surface area contributed by atoms with Crippen molar-refractivity contribution in [3.63, 3.8) is 0 Å². The quantitative estimate of drug-likeness (QED) is 0.418. The predicted molar refractivity (Wildman–Crippen MR) is 115 cm³/mol. The monoisotopic (exact) mass is 415 g/mol. The lowest BCUT2D eigenvalue weighted by molar-refractivity contribution is -0.119. The van der Waals surface area contributed by atoms with Crippen molar-refractivity contribution >= 4 is 41.2 Å². The number of nitrogens with one attached hydrogen (secondary N) is 1. The van der Waals surface area contributed by atoms with E-state index in [1.165, 1.54) is 28.7 Å². The molecule has 7 heteroatoms. The fourth-order valence-electron chi connectivity index (χ4n) is 2.63. The summed E-state index contributed by atoms with van der Waals surface area (Å²) in [6, 6.07) is 18.1. The highest BCUT2D eigenvalue weighted by molar-refractivity contribution is 8.01. The van der Waals surface area contributed by atoms with Crippen molar-refractivity contribution in [2.24, 2.45) is 0 Å². The Kier molecular flexibility index (Phi) is 6.82. The zero-order valence-corrected chi connectivity index (χ0v) is 17.7. The number of carbonyl (C=O) groups is 1. The summed E-state index contributed by atoms with van der Waals surface area (Å²) in [6.45, 7) is 4.13. The lowest BCUT2D eigenvalue weighted by Gasteiger charge is -2.17. The zero-order valence-electron chi connectivity index (χ0n) is 15.2. The first-order valence-electron chi connectivity index (χ1n) is 8.71. The molecule has 0 spiro atoms. The molecule has 140 valence electrons. The smallest absolute Gasteiger partial charge is 0.230 e. The normalized spacial score (nSPS) is 11.9. The minimum absolute atomic E-state index is 0.000181. The fourth-order valence-corrected chi connectivity index (χ4v) is 4.81. The Balaban J connectivity index is 1.60. The maximum absolute atomic E-state index is 12.4. The minimum Gasteiger partial charge on any atom is -0.349 e. The molecule has 0 radical (unpaired) electrons. The number of rotatable bonds is 7. The van der Waals surface area contributed by atoms with Crippen LogP contribution in [-0.4, -0.2) is 21.4 Å². The van der Waals surface area contributed by atoms with Gasteiger partial charge in [-0.05, 0) is 43.3 Å². The molecule has 27 heavy (non-hydrogen) atoms. The molecule has 1 N–H and O–H groups in total. The second-order valence-electron chi connectivity index (χ2n) is 6.11. The molecule has 1 heterocycles. The molecular formula is C20H21N3OS3. The van der Waals surface area contributed by atoms with Crippen LogP contribution >= 0.6 is 35.3 Å².